The van der Waals surface area contributed by atoms with Crippen molar-refractivity contribution in [1.82, 2.24) is 10.6 Å². The molecule has 0 aliphatic rings. The summed E-state index contributed by atoms with van der Waals surface area (Å²) >= 11 is 11.4. The monoisotopic (exact) mass is 646 g/mol. The number of rotatable bonds is 18. The number of carbonyl (C=O) groups excluding carboxylic acids is 2. The van der Waals surface area contributed by atoms with Crippen LogP contribution in [0.5, 0.6) is 11.5 Å². The standard InChI is InChI=1S/C33H40Cl2N2O7/c1-41-27-13-9-23(10-14-27)25-7-8-26(30(19-25)24-11-15-28(42-2)16-12-24)21-43-22-29(44-32(39)31(34)35)20-37-33(40)36-17-5-3-4-6-18-38/h7-16,19,29,31,38H,3-6,17-18,20-22H2,1-2H3,(H2,36,37,40)/t29-/m1/s1. The molecule has 0 bridgehead atoms. The number of methoxy groups -OCH3 is 2. The summed E-state index contributed by atoms with van der Waals surface area (Å²) in [6.45, 7) is 0.869. The van der Waals surface area contributed by atoms with E-state index in [2.05, 4.69) is 16.7 Å². The molecule has 0 saturated heterocycles. The molecule has 2 amide bonds. The number of urea groups is 1. The molecular formula is C33H40Cl2N2O7. The molecule has 0 aliphatic heterocycles. The number of aliphatic hydroxyl groups is 1. The zero-order valence-electron chi connectivity index (χ0n) is 25.0. The van der Waals surface area contributed by atoms with E-state index in [1.807, 2.05) is 60.7 Å². The highest BCUT2D eigenvalue weighted by Gasteiger charge is 2.21. The molecule has 1 atom stereocenters. The first-order chi connectivity index (χ1) is 21.3. The number of esters is 1. The second-order valence-corrected chi connectivity index (χ2v) is 11.1. The molecule has 11 heteroatoms. The van der Waals surface area contributed by atoms with E-state index in [0.717, 1.165) is 65.0 Å². The van der Waals surface area contributed by atoms with Crippen LogP contribution in [0.4, 0.5) is 4.79 Å². The molecule has 0 fully saturated rings. The molecule has 3 rings (SSSR count). The van der Waals surface area contributed by atoms with Gasteiger partial charge in [0.05, 0.1) is 34.0 Å². The van der Waals surface area contributed by atoms with Crippen molar-refractivity contribution in [2.24, 2.45) is 0 Å². The molecular weight excluding hydrogens is 607 g/mol. The van der Waals surface area contributed by atoms with Crippen molar-refractivity contribution in [2.45, 2.75) is 43.2 Å². The number of alkyl halides is 2. The summed E-state index contributed by atoms with van der Waals surface area (Å²) in [5, 5.41) is 14.3. The van der Waals surface area contributed by atoms with Crippen LogP contribution in [-0.4, -0.2) is 68.6 Å². The summed E-state index contributed by atoms with van der Waals surface area (Å²) in [6, 6.07) is 21.3. The van der Waals surface area contributed by atoms with Crippen LogP contribution in [0.2, 0.25) is 0 Å². The first kappa shape index (κ1) is 35.0. The molecule has 9 nitrogen and oxygen atoms in total. The number of halogens is 2. The van der Waals surface area contributed by atoms with Crippen molar-refractivity contribution < 1.29 is 33.6 Å². The lowest BCUT2D eigenvalue weighted by Crippen LogP contribution is -2.43. The van der Waals surface area contributed by atoms with Crippen LogP contribution >= 0.6 is 23.2 Å². The van der Waals surface area contributed by atoms with Gasteiger partial charge in [-0.2, -0.15) is 0 Å². The van der Waals surface area contributed by atoms with Gasteiger partial charge in [-0.1, -0.05) is 72.4 Å². The lowest BCUT2D eigenvalue weighted by Gasteiger charge is -2.20. The average molecular weight is 648 g/mol. The number of unbranched alkanes of at least 4 members (excludes halogenated alkanes) is 3. The van der Waals surface area contributed by atoms with Gasteiger partial charge < -0.3 is 34.7 Å². The summed E-state index contributed by atoms with van der Waals surface area (Å²) in [4.78, 5) is 23.0. The van der Waals surface area contributed by atoms with Crippen LogP contribution in [-0.2, 0) is 20.9 Å². The zero-order valence-corrected chi connectivity index (χ0v) is 26.5. The number of nitrogens with one attached hydrogen (secondary N) is 2. The molecule has 0 spiro atoms. The molecule has 3 aromatic carbocycles. The van der Waals surface area contributed by atoms with Gasteiger partial charge in [0.2, 0.25) is 4.84 Å². The van der Waals surface area contributed by atoms with Gasteiger partial charge >= 0.3 is 12.0 Å². The predicted octanol–water partition coefficient (Wildman–Crippen LogP) is 6.12. The lowest BCUT2D eigenvalue weighted by molar-refractivity contribution is -0.149. The first-order valence-corrected chi connectivity index (χ1v) is 15.3. The minimum Gasteiger partial charge on any atom is -0.497 e. The molecule has 0 unspecified atom stereocenters. The highest BCUT2D eigenvalue weighted by molar-refractivity contribution is 6.52. The highest BCUT2D eigenvalue weighted by atomic mass is 35.5. The van der Waals surface area contributed by atoms with Crippen molar-refractivity contribution in [3.63, 3.8) is 0 Å². The molecule has 0 saturated carbocycles. The van der Waals surface area contributed by atoms with Crippen LogP contribution in [0.15, 0.2) is 66.7 Å². The number of benzene rings is 3. The molecule has 3 aromatic rings. The van der Waals surface area contributed by atoms with E-state index in [4.69, 9.17) is 47.3 Å². The van der Waals surface area contributed by atoms with Gasteiger partial charge in [0, 0.05) is 13.2 Å². The number of carbonyl (C=O) groups is 2. The van der Waals surface area contributed by atoms with E-state index in [-0.39, 0.29) is 26.4 Å². The Morgan fingerprint density at radius 2 is 1.41 bits per heavy atom. The fraction of sp³-hybridized carbons (Fsp3) is 0.394. The number of hydrogen-bond donors (Lipinski definition) is 3. The first-order valence-electron chi connectivity index (χ1n) is 14.4. The smallest absolute Gasteiger partial charge is 0.339 e. The lowest BCUT2D eigenvalue weighted by atomic mass is 9.94. The zero-order chi connectivity index (χ0) is 31.7. The normalized spacial score (nSPS) is 11.6. The van der Waals surface area contributed by atoms with Crippen molar-refractivity contribution in [2.75, 3.05) is 40.5 Å². The van der Waals surface area contributed by atoms with Gasteiger partial charge in [-0.25, -0.2) is 9.59 Å². The van der Waals surface area contributed by atoms with Gasteiger partial charge in [0.15, 0.2) is 0 Å². The van der Waals surface area contributed by atoms with E-state index in [0.29, 0.717) is 6.54 Å². The minimum atomic E-state index is -1.36. The second kappa shape index (κ2) is 19.0. The average Bonchev–Trinajstić information content (AvgIpc) is 3.05. The Labute approximate surface area is 268 Å². The molecule has 238 valence electrons. The number of ether oxygens (including phenoxy) is 4. The van der Waals surface area contributed by atoms with Crippen molar-refractivity contribution in [3.8, 4) is 33.8 Å². The quantitative estimate of drug-likeness (QED) is 0.0866. The molecule has 0 heterocycles. The Morgan fingerprint density at radius 3 is 2.02 bits per heavy atom. The Balaban J connectivity index is 1.69. The SMILES string of the molecule is COc1ccc(-c2ccc(COC[C@@H](CNC(=O)NCCCCCCO)OC(=O)C(Cl)Cl)c(-c3ccc(OC)cc3)c2)cc1. The van der Waals surface area contributed by atoms with Gasteiger partial charge in [-0.3, -0.25) is 0 Å². The largest absolute Gasteiger partial charge is 0.497 e. The van der Waals surface area contributed by atoms with Crippen LogP contribution in [0, 0.1) is 0 Å². The third-order valence-corrected chi connectivity index (χ3v) is 7.17. The summed E-state index contributed by atoms with van der Waals surface area (Å²) in [7, 11) is 3.26. The van der Waals surface area contributed by atoms with Crippen LogP contribution < -0.4 is 20.1 Å². The van der Waals surface area contributed by atoms with Crippen molar-refractivity contribution in [1.29, 1.82) is 0 Å². The summed E-state index contributed by atoms with van der Waals surface area (Å²) < 4.78 is 22.0. The van der Waals surface area contributed by atoms with E-state index in [9.17, 15) is 9.59 Å². The summed E-state index contributed by atoms with van der Waals surface area (Å²) in [5.41, 5.74) is 4.91. The Bertz CT molecular complexity index is 1300. The topological polar surface area (TPSA) is 115 Å². The Kier molecular flexibility index (Phi) is 15.1. The number of hydrogen-bond acceptors (Lipinski definition) is 7. The maximum absolute atomic E-state index is 12.3. The highest BCUT2D eigenvalue weighted by Crippen LogP contribution is 2.32. The third-order valence-electron chi connectivity index (χ3n) is 6.82. The Hall–Kier alpha value is -3.50. The molecule has 44 heavy (non-hydrogen) atoms. The molecule has 0 radical (unpaired) electrons. The fourth-order valence-corrected chi connectivity index (χ4v) is 4.52. The van der Waals surface area contributed by atoms with Gasteiger partial charge in [-0.15, -0.1) is 0 Å². The molecule has 0 aliphatic carbocycles. The summed E-state index contributed by atoms with van der Waals surface area (Å²) in [5.74, 6) is 0.702. The predicted molar refractivity (Wildman–Crippen MR) is 172 cm³/mol. The molecule has 3 N–H and O–H groups in total. The minimum absolute atomic E-state index is 0.00401. The maximum Gasteiger partial charge on any atom is 0.339 e. The van der Waals surface area contributed by atoms with Crippen LogP contribution in [0.1, 0.15) is 31.2 Å². The summed E-state index contributed by atoms with van der Waals surface area (Å²) in [6.07, 6.45) is 2.53. The van der Waals surface area contributed by atoms with Crippen molar-refractivity contribution >= 4 is 35.2 Å². The third kappa shape index (κ3) is 11.5. The molecule has 0 aromatic heterocycles. The number of aliphatic hydroxyl groups excluding tert-OH is 1. The van der Waals surface area contributed by atoms with Crippen molar-refractivity contribution in [3.05, 3.63) is 72.3 Å². The second-order valence-electron chi connectivity index (χ2n) is 9.98. The van der Waals surface area contributed by atoms with Crippen LogP contribution in [0.3, 0.4) is 0 Å². The maximum atomic E-state index is 12.3. The van der Waals surface area contributed by atoms with Gasteiger partial charge in [0.25, 0.3) is 0 Å². The van der Waals surface area contributed by atoms with E-state index in [1.165, 1.54) is 0 Å². The van der Waals surface area contributed by atoms with Gasteiger partial charge in [-0.05, 0) is 71.0 Å². The van der Waals surface area contributed by atoms with E-state index in [1.54, 1.807) is 14.2 Å². The van der Waals surface area contributed by atoms with Gasteiger partial charge in [0.1, 0.15) is 17.6 Å². The van der Waals surface area contributed by atoms with E-state index >= 15 is 0 Å². The Morgan fingerprint density at radius 1 is 0.795 bits per heavy atom. The van der Waals surface area contributed by atoms with E-state index < -0.39 is 22.9 Å². The number of amides is 2. The fourth-order valence-electron chi connectivity index (χ4n) is 4.42. The van der Waals surface area contributed by atoms with Crippen LogP contribution in [0.25, 0.3) is 22.3 Å².